The van der Waals surface area contributed by atoms with Gasteiger partial charge in [0.05, 0.1) is 17.6 Å². The highest BCUT2D eigenvalue weighted by molar-refractivity contribution is 6.03. The van der Waals surface area contributed by atoms with Crippen molar-refractivity contribution in [2.24, 2.45) is 5.92 Å². The number of nitrogens with zero attached hydrogens (tertiary/aromatic N) is 5. The van der Waals surface area contributed by atoms with E-state index in [-0.39, 0.29) is 46.7 Å². The van der Waals surface area contributed by atoms with Crippen molar-refractivity contribution in [2.75, 3.05) is 38.7 Å². The molecular formula is C35H37F2N5O3. The summed E-state index contributed by atoms with van der Waals surface area (Å²) in [6.07, 6.45) is 4.64. The van der Waals surface area contributed by atoms with Crippen molar-refractivity contribution in [3.8, 4) is 34.9 Å². The van der Waals surface area contributed by atoms with Crippen molar-refractivity contribution in [1.82, 2.24) is 19.9 Å². The fraction of sp³-hybridized carbons (Fsp3) is 0.400. The number of benzene rings is 2. The van der Waals surface area contributed by atoms with E-state index in [1.165, 1.54) is 23.8 Å². The molecule has 2 aromatic carbocycles. The number of ether oxygens (including phenoxy) is 1. The molecule has 0 amide bonds. The van der Waals surface area contributed by atoms with Crippen LogP contribution in [-0.2, 0) is 6.42 Å². The summed E-state index contributed by atoms with van der Waals surface area (Å²) in [7, 11) is 3.93. The zero-order valence-electron chi connectivity index (χ0n) is 26.2. The lowest BCUT2D eigenvalue weighted by Crippen LogP contribution is -2.46. The first kappa shape index (κ1) is 30.5. The van der Waals surface area contributed by atoms with Crippen LogP contribution in [0.5, 0.6) is 11.8 Å². The van der Waals surface area contributed by atoms with Gasteiger partial charge in [-0.15, -0.1) is 0 Å². The van der Waals surface area contributed by atoms with Crippen LogP contribution in [0.2, 0.25) is 0 Å². The zero-order chi connectivity index (χ0) is 32.0. The van der Waals surface area contributed by atoms with Gasteiger partial charge in [0.1, 0.15) is 34.3 Å². The number of pyridine rings is 1. The van der Waals surface area contributed by atoms with Gasteiger partial charge in [0.25, 0.3) is 0 Å². The number of piperidine rings is 1. The Morgan fingerprint density at radius 3 is 2.69 bits per heavy atom. The van der Waals surface area contributed by atoms with Gasteiger partial charge in [0, 0.05) is 38.7 Å². The molecule has 4 aromatic rings. The van der Waals surface area contributed by atoms with E-state index in [1.807, 2.05) is 30.8 Å². The standard InChI is InChI=1S/C35H37F2N5O3/c1-6-9-27-29-32(30(37)31(38-27)25-16-23(43)15-20-10-11-26(36)24(7-2)28(20)25)39-34(45-18-22-14-21(22)17-41(4)5)40-33(29)42-13-8-12-35(3,44)19-42/h10-11,15-17,22,43-44H,7-8,12-14,18-19H2,1-5H3/t22?,35-/m1/s1. The second kappa shape index (κ2) is 11.8. The van der Waals surface area contributed by atoms with E-state index < -0.39 is 17.2 Å². The predicted molar refractivity (Wildman–Crippen MR) is 171 cm³/mol. The van der Waals surface area contributed by atoms with E-state index in [9.17, 15) is 10.2 Å². The Hall–Kier alpha value is -4.49. The van der Waals surface area contributed by atoms with E-state index in [0.29, 0.717) is 60.0 Å². The fourth-order valence-electron chi connectivity index (χ4n) is 6.31. The first-order valence-electron chi connectivity index (χ1n) is 15.2. The molecule has 1 saturated heterocycles. The maximum Gasteiger partial charge on any atom is 0.319 e. The van der Waals surface area contributed by atoms with E-state index >= 15 is 8.78 Å². The molecule has 0 spiro atoms. The van der Waals surface area contributed by atoms with E-state index in [4.69, 9.17) is 14.7 Å². The third-order valence-electron chi connectivity index (χ3n) is 8.41. The summed E-state index contributed by atoms with van der Waals surface area (Å²) in [5.74, 6) is 5.18. The lowest BCUT2D eigenvalue weighted by Gasteiger charge is -2.38. The first-order valence-corrected chi connectivity index (χ1v) is 15.2. The minimum absolute atomic E-state index is 0.00587. The summed E-state index contributed by atoms with van der Waals surface area (Å²) < 4.78 is 38.1. The molecule has 0 bridgehead atoms. The van der Waals surface area contributed by atoms with Crippen molar-refractivity contribution in [3.05, 3.63) is 58.9 Å². The van der Waals surface area contributed by atoms with Gasteiger partial charge in [-0.3, -0.25) is 0 Å². The molecule has 6 rings (SSSR count). The van der Waals surface area contributed by atoms with E-state index in [1.54, 1.807) is 19.9 Å². The largest absolute Gasteiger partial charge is 0.508 e. The molecule has 45 heavy (non-hydrogen) atoms. The van der Waals surface area contributed by atoms with Crippen LogP contribution in [0.1, 0.15) is 51.3 Å². The quantitative estimate of drug-likeness (QED) is 0.247. The number of aromatic hydroxyl groups is 1. The van der Waals surface area contributed by atoms with Crippen molar-refractivity contribution in [2.45, 2.75) is 52.1 Å². The highest BCUT2D eigenvalue weighted by Gasteiger charge is 2.34. The van der Waals surface area contributed by atoms with Crippen LogP contribution in [-0.4, -0.2) is 69.5 Å². The summed E-state index contributed by atoms with van der Waals surface area (Å²) in [6, 6.07) is 5.83. The van der Waals surface area contributed by atoms with Crippen LogP contribution in [0.25, 0.3) is 32.9 Å². The van der Waals surface area contributed by atoms with Crippen LogP contribution >= 0.6 is 0 Å². The molecule has 8 nitrogen and oxygen atoms in total. The Balaban J connectivity index is 1.59. The van der Waals surface area contributed by atoms with Gasteiger partial charge >= 0.3 is 6.01 Å². The number of aliphatic hydroxyl groups is 1. The number of hydrogen-bond acceptors (Lipinski definition) is 8. The van der Waals surface area contributed by atoms with Gasteiger partial charge in [-0.25, -0.2) is 13.8 Å². The van der Waals surface area contributed by atoms with Crippen LogP contribution in [0, 0.1) is 29.4 Å². The Morgan fingerprint density at radius 2 is 1.98 bits per heavy atom. The predicted octanol–water partition coefficient (Wildman–Crippen LogP) is 5.96. The number of aryl methyl sites for hydroxylation is 1. The zero-order valence-corrected chi connectivity index (χ0v) is 26.2. The average Bonchev–Trinajstić information content (AvgIpc) is 3.73. The van der Waals surface area contributed by atoms with Crippen molar-refractivity contribution in [3.63, 3.8) is 0 Å². The molecular weight excluding hydrogens is 576 g/mol. The Bertz CT molecular complexity index is 1910. The second-order valence-electron chi connectivity index (χ2n) is 12.4. The summed E-state index contributed by atoms with van der Waals surface area (Å²) in [6.45, 7) is 6.44. The smallest absolute Gasteiger partial charge is 0.319 e. The molecule has 2 atom stereocenters. The number of phenols is 1. The monoisotopic (exact) mass is 613 g/mol. The van der Waals surface area contributed by atoms with Gasteiger partial charge in [-0.05, 0) is 91.8 Å². The summed E-state index contributed by atoms with van der Waals surface area (Å²) in [5, 5.41) is 22.9. The molecule has 1 aliphatic carbocycles. The third-order valence-corrected chi connectivity index (χ3v) is 8.41. The van der Waals surface area contributed by atoms with Crippen molar-refractivity contribution >= 4 is 27.5 Å². The van der Waals surface area contributed by atoms with Crippen LogP contribution in [0.3, 0.4) is 0 Å². The van der Waals surface area contributed by atoms with Crippen molar-refractivity contribution in [1.29, 1.82) is 0 Å². The number of hydrogen-bond donors (Lipinski definition) is 2. The van der Waals surface area contributed by atoms with Gasteiger partial charge in [0.2, 0.25) is 0 Å². The lowest BCUT2D eigenvalue weighted by atomic mass is 9.93. The Kier molecular flexibility index (Phi) is 8.00. The van der Waals surface area contributed by atoms with Crippen LogP contribution in [0.15, 0.2) is 36.0 Å². The normalized spacial score (nSPS) is 20.4. The van der Waals surface area contributed by atoms with Crippen LogP contribution < -0.4 is 9.64 Å². The number of aromatic nitrogens is 3. The molecule has 0 radical (unpaired) electrons. The Labute approximate surface area is 261 Å². The second-order valence-corrected chi connectivity index (χ2v) is 12.4. The van der Waals surface area contributed by atoms with E-state index in [0.717, 1.165) is 6.42 Å². The van der Waals surface area contributed by atoms with Gasteiger partial charge < -0.3 is 24.7 Å². The van der Waals surface area contributed by atoms with Gasteiger partial charge in [-0.2, -0.15) is 9.97 Å². The van der Waals surface area contributed by atoms with Gasteiger partial charge in [0.15, 0.2) is 5.82 Å². The summed E-state index contributed by atoms with van der Waals surface area (Å²) in [5.41, 5.74) is 0.983. The fourth-order valence-corrected chi connectivity index (χ4v) is 6.31. The topological polar surface area (TPSA) is 94.8 Å². The minimum Gasteiger partial charge on any atom is -0.508 e. The van der Waals surface area contributed by atoms with E-state index in [2.05, 4.69) is 23.0 Å². The van der Waals surface area contributed by atoms with Gasteiger partial charge in [-0.1, -0.05) is 18.9 Å². The molecule has 2 aromatic heterocycles. The highest BCUT2D eigenvalue weighted by atomic mass is 19.1. The number of fused-ring (bicyclic) bond motifs is 2. The molecule has 10 heteroatoms. The molecule has 1 saturated carbocycles. The van der Waals surface area contributed by atoms with Crippen molar-refractivity contribution < 1.29 is 23.7 Å². The summed E-state index contributed by atoms with van der Waals surface area (Å²) in [4.78, 5) is 17.9. The number of rotatable bonds is 7. The number of β-amino-alcohol motifs (C(OH)–C–C–N with tert-alkyl or cyclic N) is 1. The molecule has 1 unspecified atom stereocenters. The third kappa shape index (κ3) is 5.97. The molecule has 2 fully saturated rings. The highest BCUT2D eigenvalue weighted by Crippen LogP contribution is 2.42. The molecule has 2 N–H and O–H groups in total. The number of anilines is 1. The molecule has 1 aliphatic heterocycles. The number of halogens is 2. The molecule has 234 valence electrons. The lowest BCUT2D eigenvalue weighted by molar-refractivity contribution is 0.0447. The minimum atomic E-state index is -0.972. The van der Waals surface area contributed by atoms with Crippen LogP contribution in [0.4, 0.5) is 14.6 Å². The number of phenolic OH excluding ortho intramolecular Hbond substituents is 1. The maximum absolute atomic E-state index is 17.0. The Morgan fingerprint density at radius 1 is 1.18 bits per heavy atom. The summed E-state index contributed by atoms with van der Waals surface area (Å²) >= 11 is 0. The molecule has 3 heterocycles. The first-order chi connectivity index (χ1) is 21.5. The SMILES string of the molecule is CC#Cc1nc(-c2cc(O)cc3ccc(F)c(CC)c23)c(F)c2nc(OCC3CC3=CN(C)C)nc(N3CCC[C@@](C)(O)C3)c12. The molecule has 2 aliphatic rings. The maximum atomic E-state index is 17.0. The average molecular weight is 614 g/mol.